The van der Waals surface area contributed by atoms with Gasteiger partial charge >= 0.3 is 0 Å². The first-order chi connectivity index (χ1) is 8.25. The van der Waals surface area contributed by atoms with Gasteiger partial charge in [0.25, 0.3) is 0 Å². The Bertz CT molecular complexity index is 535. The summed E-state index contributed by atoms with van der Waals surface area (Å²) < 4.78 is 3.05. The third-order valence-electron chi connectivity index (χ3n) is 3.04. The van der Waals surface area contributed by atoms with Gasteiger partial charge in [-0.05, 0) is 25.0 Å². The number of hydrogen-bond donors (Lipinski definition) is 1. The minimum atomic E-state index is -0.472. The molecule has 1 aliphatic heterocycles. The molecule has 2 aromatic rings. The molecule has 5 heteroatoms. The van der Waals surface area contributed by atoms with Crippen molar-refractivity contribution in [2.24, 2.45) is 0 Å². The van der Waals surface area contributed by atoms with Crippen molar-refractivity contribution in [3.8, 4) is 11.4 Å². The number of fused-ring (bicyclic) bond motifs is 1. The van der Waals surface area contributed by atoms with Crippen molar-refractivity contribution < 1.29 is 5.11 Å². The van der Waals surface area contributed by atoms with Crippen LogP contribution < -0.4 is 0 Å². The number of benzene rings is 1. The highest BCUT2D eigenvalue weighted by atomic mass is 79.9. The highest BCUT2D eigenvalue weighted by Crippen LogP contribution is 2.28. The Kier molecular flexibility index (Phi) is 2.72. The molecule has 0 bridgehead atoms. The third-order valence-corrected chi connectivity index (χ3v) is 3.57. The smallest absolute Gasteiger partial charge is 0.164 e. The van der Waals surface area contributed by atoms with Gasteiger partial charge in [0.15, 0.2) is 11.6 Å². The molecule has 0 aliphatic carbocycles. The average molecular weight is 294 g/mol. The summed E-state index contributed by atoms with van der Waals surface area (Å²) >= 11 is 3.41. The number of aliphatic hydroxyl groups is 1. The minimum absolute atomic E-state index is 0.472. The summed E-state index contributed by atoms with van der Waals surface area (Å²) in [4.78, 5) is 0. The maximum Gasteiger partial charge on any atom is 0.164 e. The van der Waals surface area contributed by atoms with Crippen LogP contribution in [0, 0.1) is 0 Å². The first-order valence-electron chi connectivity index (χ1n) is 5.63. The van der Waals surface area contributed by atoms with Gasteiger partial charge in [0.1, 0.15) is 6.10 Å². The van der Waals surface area contributed by atoms with Gasteiger partial charge in [-0.25, -0.2) is 0 Å². The van der Waals surface area contributed by atoms with Crippen LogP contribution in [-0.4, -0.2) is 19.9 Å². The molecule has 0 amide bonds. The molecule has 2 heterocycles. The maximum absolute atomic E-state index is 9.83. The van der Waals surface area contributed by atoms with E-state index in [1.165, 1.54) is 0 Å². The van der Waals surface area contributed by atoms with E-state index in [9.17, 15) is 5.11 Å². The zero-order chi connectivity index (χ0) is 11.8. The number of hydrogen-bond acceptors (Lipinski definition) is 3. The zero-order valence-electron chi connectivity index (χ0n) is 9.17. The van der Waals surface area contributed by atoms with Gasteiger partial charge in [-0.2, -0.15) is 0 Å². The van der Waals surface area contributed by atoms with E-state index < -0.39 is 6.10 Å². The molecule has 1 unspecified atom stereocenters. The molecular formula is C12H12BrN3O. The molecule has 88 valence electrons. The lowest BCUT2D eigenvalue weighted by Crippen LogP contribution is -2.16. The monoisotopic (exact) mass is 293 g/mol. The molecule has 0 saturated heterocycles. The van der Waals surface area contributed by atoms with Gasteiger partial charge in [-0.3, -0.25) is 0 Å². The van der Waals surface area contributed by atoms with Crippen molar-refractivity contribution in [3.63, 3.8) is 0 Å². The molecule has 1 aromatic heterocycles. The lowest BCUT2D eigenvalue weighted by molar-refractivity contribution is 0.134. The normalized spacial score (nSPS) is 19.1. The molecule has 1 N–H and O–H groups in total. The van der Waals surface area contributed by atoms with Crippen LogP contribution in [0.25, 0.3) is 11.4 Å². The van der Waals surface area contributed by atoms with E-state index in [0.29, 0.717) is 5.82 Å². The van der Waals surface area contributed by atoms with Crippen LogP contribution in [0.4, 0.5) is 0 Å². The van der Waals surface area contributed by atoms with Crippen molar-refractivity contribution >= 4 is 15.9 Å². The standard InChI is InChI=1S/C12H12BrN3O/c13-9-5-3-8(4-6-9)11-14-15-12-10(17)2-1-7-16(11)12/h3-6,10,17H,1-2,7H2. The molecule has 0 fully saturated rings. The minimum Gasteiger partial charge on any atom is -0.385 e. The molecular weight excluding hydrogens is 282 g/mol. The summed E-state index contributed by atoms with van der Waals surface area (Å²) in [7, 11) is 0. The number of nitrogens with zero attached hydrogens (tertiary/aromatic N) is 3. The second-order valence-electron chi connectivity index (χ2n) is 4.20. The van der Waals surface area contributed by atoms with E-state index in [4.69, 9.17) is 0 Å². The Morgan fingerprint density at radius 1 is 1.24 bits per heavy atom. The molecule has 1 aliphatic rings. The molecule has 0 saturated carbocycles. The average Bonchev–Trinajstić information content (AvgIpc) is 2.75. The van der Waals surface area contributed by atoms with Crippen LogP contribution in [0.2, 0.25) is 0 Å². The van der Waals surface area contributed by atoms with E-state index in [2.05, 4.69) is 26.1 Å². The first-order valence-corrected chi connectivity index (χ1v) is 6.42. The topological polar surface area (TPSA) is 50.9 Å². The Labute approximate surface area is 107 Å². The largest absolute Gasteiger partial charge is 0.385 e. The van der Waals surface area contributed by atoms with Crippen LogP contribution in [0.3, 0.4) is 0 Å². The van der Waals surface area contributed by atoms with Crippen molar-refractivity contribution in [1.29, 1.82) is 0 Å². The van der Waals surface area contributed by atoms with Gasteiger partial charge in [0.2, 0.25) is 0 Å². The molecule has 0 spiro atoms. The fraction of sp³-hybridized carbons (Fsp3) is 0.333. The second kappa shape index (κ2) is 4.23. The summed E-state index contributed by atoms with van der Waals surface area (Å²) in [6, 6.07) is 7.97. The van der Waals surface area contributed by atoms with Crippen molar-refractivity contribution in [2.45, 2.75) is 25.5 Å². The summed E-state index contributed by atoms with van der Waals surface area (Å²) in [5, 5.41) is 18.1. The Morgan fingerprint density at radius 3 is 2.76 bits per heavy atom. The van der Waals surface area contributed by atoms with Gasteiger partial charge in [0.05, 0.1) is 0 Å². The fourth-order valence-electron chi connectivity index (χ4n) is 2.17. The van der Waals surface area contributed by atoms with E-state index in [1.807, 2.05) is 28.8 Å². The molecule has 1 atom stereocenters. The quantitative estimate of drug-likeness (QED) is 0.879. The molecule has 0 radical (unpaired) electrons. The van der Waals surface area contributed by atoms with Crippen LogP contribution in [0.1, 0.15) is 24.8 Å². The second-order valence-corrected chi connectivity index (χ2v) is 5.11. The van der Waals surface area contributed by atoms with Gasteiger partial charge in [-0.1, -0.05) is 28.1 Å². The van der Waals surface area contributed by atoms with E-state index >= 15 is 0 Å². The van der Waals surface area contributed by atoms with E-state index in [1.54, 1.807) is 0 Å². The van der Waals surface area contributed by atoms with E-state index in [-0.39, 0.29) is 0 Å². The number of aliphatic hydroxyl groups excluding tert-OH is 1. The van der Waals surface area contributed by atoms with Crippen LogP contribution in [0.15, 0.2) is 28.7 Å². The van der Waals surface area contributed by atoms with Gasteiger partial charge in [-0.15, -0.1) is 10.2 Å². The van der Waals surface area contributed by atoms with Crippen LogP contribution >= 0.6 is 15.9 Å². The Morgan fingerprint density at radius 2 is 2.00 bits per heavy atom. The third kappa shape index (κ3) is 1.89. The Hall–Kier alpha value is -1.20. The Balaban J connectivity index is 2.07. The lowest BCUT2D eigenvalue weighted by Gasteiger charge is -2.19. The van der Waals surface area contributed by atoms with Crippen molar-refractivity contribution in [2.75, 3.05) is 0 Å². The molecule has 17 heavy (non-hydrogen) atoms. The highest BCUT2D eigenvalue weighted by Gasteiger charge is 2.23. The predicted molar refractivity (Wildman–Crippen MR) is 67.4 cm³/mol. The summed E-state index contributed by atoms with van der Waals surface area (Å²) in [6.45, 7) is 0.880. The van der Waals surface area contributed by atoms with Crippen molar-refractivity contribution in [3.05, 3.63) is 34.6 Å². The van der Waals surface area contributed by atoms with Crippen LogP contribution in [0.5, 0.6) is 0 Å². The maximum atomic E-state index is 9.83. The summed E-state index contributed by atoms with van der Waals surface area (Å²) in [6.07, 6.45) is 1.27. The summed E-state index contributed by atoms with van der Waals surface area (Å²) in [5.41, 5.74) is 1.03. The summed E-state index contributed by atoms with van der Waals surface area (Å²) in [5.74, 6) is 1.53. The molecule has 1 aromatic carbocycles. The molecule has 4 nitrogen and oxygen atoms in total. The fourth-order valence-corrected chi connectivity index (χ4v) is 2.43. The first kappa shape index (κ1) is 10.9. The lowest BCUT2D eigenvalue weighted by atomic mass is 10.1. The highest BCUT2D eigenvalue weighted by molar-refractivity contribution is 9.10. The number of halogens is 1. The van der Waals surface area contributed by atoms with E-state index in [0.717, 1.165) is 35.2 Å². The van der Waals surface area contributed by atoms with Crippen molar-refractivity contribution in [1.82, 2.24) is 14.8 Å². The molecule has 3 rings (SSSR count). The predicted octanol–water partition coefficient (Wildman–Crippen LogP) is 2.53. The van der Waals surface area contributed by atoms with Crippen LogP contribution in [-0.2, 0) is 6.54 Å². The van der Waals surface area contributed by atoms with Gasteiger partial charge in [0, 0.05) is 16.6 Å². The van der Waals surface area contributed by atoms with Gasteiger partial charge < -0.3 is 9.67 Å². The SMILES string of the molecule is OC1CCCn2c(-c3ccc(Br)cc3)nnc21. The number of rotatable bonds is 1. The number of aromatic nitrogens is 3. The zero-order valence-corrected chi connectivity index (χ0v) is 10.8.